The smallest absolute Gasteiger partial charge is 0.257 e. The van der Waals surface area contributed by atoms with Gasteiger partial charge in [-0.15, -0.1) is 0 Å². The molecule has 0 radical (unpaired) electrons. The minimum atomic E-state index is 0.0504. The van der Waals surface area contributed by atoms with Gasteiger partial charge in [0.25, 0.3) is 5.91 Å². The molecule has 2 N–H and O–H groups in total. The van der Waals surface area contributed by atoms with Gasteiger partial charge < -0.3 is 15.4 Å². The number of nitrogens with two attached hydrogens (primary N) is 1. The van der Waals surface area contributed by atoms with Gasteiger partial charge in [0.15, 0.2) is 0 Å². The standard InChI is InChI=1S/C19H28N2O2/c1-19(13-20)11-12-21(14-19)18(22)16-9-5-6-10-17(16)23-15-7-3-2-4-8-15/h5-6,9-10,15H,2-4,7-8,11-14,20H2,1H3. The number of benzene rings is 1. The zero-order chi connectivity index (χ0) is 16.3. The van der Waals surface area contributed by atoms with Gasteiger partial charge in [0, 0.05) is 13.1 Å². The highest BCUT2D eigenvalue weighted by Gasteiger charge is 2.36. The lowest BCUT2D eigenvalue weighted by Gasteiger charge is -2.26. The molecule has 2 aliphatic rings. The summed E-state index contributed by atoms with van der Waals surface area (Å²) in [4.78, 5) is 14.8. The third-order valence-electron chi connectivity index (χ3n) is 5.30. The number of hydrogen-bond acceptors (Lipinski definition) is 3. The fraction of sp³-hybridized carbons (Fsp3) is 0.632. The molecule has 4 heteroatoms. The van der Waals surface area contributed by atoms with Gasteiger partial charge in [0.1, 0.15) is 5.75 Å². The summed E-state index contributed by atoms with van der Waals surface area (Å²) in [6.07, 6.45) is 7.16. The van der Waals surface area contributed by atoms with E-state index in [2.05, 4.69) is 6.92 Å². The number of rotatable bonds is 4. The van der Waals surface area contributed by atoms with Gasteiger partial charge in [-0.1, -0.05) is 25.5 Å². The normalized spacial score (nSPS) is 25.6. The van der Waals surface area contributed by atoms with Crippen molar-refractivity contribution >= 4 is 5.91 Å². The van der Waals surface area contributed by atoms with Crippen LogP contribution in [0.3, 0.4) is 0 Å². The maximum atomic E-state index is 12.9. The molecule has 23 heavy (non-hydrogen) atoms. The average molecular weight is 316 g/mol. The predicted octanol–water partition coefficient (Wildman–Crippen LogP) is 3.21. The zero-order valence-electron chi connectivity index (χ0n) is 14.1. The zero-order valence-corrected chi connectivity index (χ0v) is 14.1. The Hall–Kier alpha value is -1.55. The summed E-state index contributed by atoms with van der Waals surface area (Å²) in [7, 11) is 0. The number of hydrogen-bond donors (Lipinski definition) is 1. The van der Waals surface area contributed by atoms with Crippen LogP contribution in [0.1, 0.15) is 55.8 Å². The lowest BCUT2D eigenvalue weighted by atomic mass is 9.90. The van der Waals surface area contributed by atoms with Gasteiger partial charge in [-0.2, -0.15) is 0 Å². The number of likely N-dealkylation sites (tertiary alicyclic amines) is 1. The van der Waals surface area contributed by atoms with E-state index < -0.39 is 0 Å². The van der Waals surface area contributed by atoms with Crippen LogP contribution >= 0.6 is 0 Å². The second-order valence-electron chi connectivity index (χ2n) is 7.37. The van der Waals surface area contributed by atoms with E-state index in [4.69, 9.17) is 10.5 Å². The Labute approximate surface area is 139 Å². The highest BCUT2D eigenvalue weighted by atomic mass is 16.5. The first kappa shape index (κ1) is 16.3. The van der Waals surface area contributed by atoms with Gasteiger partial charge in [0.05, 0.1) is 11.7 Å². The highest BCUT2D eigenvalue weighted by molar-refractivity contribution is 5.97. The Morgan fingerprint density at radius 2 is 2.04 bits per heavy atom. The number of amides is 1. The molecule has 0 spiro atoms. The molecule has 1 unspecified atom stereocenters. The molecule has 3 rings (SSSR count). The molecule has 1 saturated heterocycles. The SMILES string of the molecule is CC1(CN)CCN(C(=O)c2ccccc2OC2CCCCC2)C1. The maximum Gasteiger partial charge on any atom is 0.257 e. The molecule has 126 valence electrons. The van der Waals surface area contributed by atoms with Crippen LogP contribution in [-0.4, -0.2) is 36.5 Å². The first-order valence-electron chi connectivity index (χ1n) is 8.86. The average Bonchev–Trinajstić information content (AvgIpc) is 2.99. The third-order valence-corrected chi connectivity index (χ3v) is 5.30. The summed E-state index contributed by atoms with van der Waals surface area (Å²) in [5.74, 6) is 0.819. The van der Waals surface area contributed by atoms with Crippen molar-refractivity contribution < 1.29 is 9.53 Å². The third kappa shape index (κ3) is 3.69. The number of ether oxygens (including phenoxy) is 1. The molecule has 2 fully saturated rings. The van der Waals surface area contributed by atoms with E-state index >= 15 is 0 Å². The van der Waals surface area contributed by atoms with E-state index in [9.17, 15) is 4.79 Å². The monoisotopic (exact) mass is 316 g/mol. The van der Waals surface area contributed by atoms with Crippen LogP contribution in [0.2, 0.25) is 0 Å². The topological polar surface area (TPSA) is 55.6 Å². The summed E-state index contributed by atoms with van der Waals surface area (Å²) in [5, 5.41) is 0. The summed E-state index contributed by atoms with van der Waals surface area (Å²) >= 11 is 0. The lowest BCUT2D eigenvalue weighted by molar-refractivity contribution is 0.0766. The number of nitrogens with zero attached hydrogens (tertiary/aromatic N) is 1. The maximum absolute atomic E-state index is 12.9. The fourth-order valence-corrected chi connectivity index (χ4v) is 3.64. The first-order chi connectivity index (χ1) is 11.1. The van der Waals surface area contributed by atoms with E-state index in [0.717, 1.165) is 38.1 Å². The van der Waals surface area contributed by atoms with Crippen LogP contribution in [0.25, 0.3) is 0 Å². The molecule has 1 aliphatic heterocycles. The first-order valence-corrected chi connectivity index (χ1v) is 8.86. The van der Waals surface area contributed by atoms with E-state index in [1.807, 2.05) is 29.2 Å². The lowest BCUT2D eigenvalue weighted by Crippen LogP contribution is -2.34. The molecule has 0 bridgehead atoms. The predicted molar refractivity (Wildman–Crippen MR) is 91.6 cm³/mol. The molecule has 1 atom stereocenters. The molecule has 1 aromatic rings. The molecule has 1 amide bonds. The number of carbonyl (C=O) groups excluding carboxylic acids is 1. The van der Waals surface area contributed by atoms with E-state index in [0.29, 0.717) is 12.1 Å². The Bertz CT molecular complexity index is 554. The molecule has 0 aromatic heterocycles. The van der Waals surface area contributed by atoms with Crippen LogP contribution in [0.5, 0.6) is 5.75 Å². The Kier molecular flexibility index (Phi) is 4.90. The molecule has 4 nitrogen and oxygen atoms in total. The number of para-hydroxylation sites is 1. The minimum absolute atomic E-state index is 0.0504. The fourth-order valence-electron chi connectivity index (χ4n) is 3.64. The van der Waals surface area contributed by atoms with Gasteiger partial charge in [-0.05, 0) is 56.2 Å². The van der Waals surface area contributed by atoms with Gasteiger partial charge in [-0.25, -0.2) is 0 Å². The molecular weight excluding hydrogens is 288 g/mol. The van der Waals surface area contributed by atoms with Crippen molar-refractivity contribution in [2.75, 3.05) is 19.6 Å². The van der Waals surface area contributed by atoms with E-state index in [-0.39, 0.29) is 17.4 Å². The van der Waals surface area contributed by atoms with Crippen molar-refractivity contribution in [1.29, 1.82) is 0 Å². The van der Waals surface area contributed by atoms with Crippen molar-refractivity contribution in [1.82, 2.24) is 4.90 Å². The van der Waals surface area contributed by atoms with Gasteiger partial charge in [-0.3, -0.25) is 4.79 Å². The highest BCUT2D eigenvalue weighted by Crippen LogP contribution is 2.32. The number of carbonyl (C=O) groups is 1. The molecule has 1 aliphatic carbocycles. The quantitative estimate of drug-likeness (QED) is 0.928. The van der Waals surface area contributed by atoms with Crippen LogP contribution in [-0.2, 0) is 0 Å². The Morgan fingerprint density at radius 3 is 2.74 bits per heavy atom. The Morgan fingerprint density at radius 1 is 1.30 bits per heavy atom. The molecule has 1 heterocycles. The van der Waals surface area contributed by atoms with Crippen LogP contribution < -0.4 is 10.5 Å². The largest absolute Gasteiger partial charge is 0.490 e. The summed E-state index contributed by atoms with van der Waals surface area (Å²) in [6.45, 7) is 4.30. The molecule has 1 aromatic carbocycles. The molecular formula is C19H28N2O2. The van der Waals surface area contributed by atoms with Crippen molar-refractivity contribution in [3.63, 3.8) is 0 Å². The van der Waals surface area contributed by atoms with Crippen LogP contribution in [0.15, 0.2) is 24.3 Å². The Balaban J connectivity index is 1.73. The van der Waals surface area contributed by atoms with Crippen molar-refractivity contribution in [2.45, 2.75) is 51.6 Å². The van der Waals surface area contributed by atoms with E-state index in [1.165, 1.54) is 19.3 Å². The summed E-state index contributed by atoms with van der Waals surface area (Å²) in [5.41, 5.74) is 6.60. The summed E-state index contributed by atoms with van der Waals surface area (Å²) < 4.78 is 6.17. The van der Waals surface area contributed by atoms with E-state index in [1.54, 1.807) is 0 Å². The molecule has 1 saturated carbocycles. The van der Waals surface area contributed by atoms with Crippen LogP contribution in [0, 0.1) is 5.41 Å². The minimum Gasteiger partial charge on any atom is -0.490 e. The van der Waals surface area contributed by atoms with Crippen molar-refractivity contribution in [3.8, 4) is 5.75 Å². The second-order valence-corrected chi connectivity index (χ2v) is 7.37. The van der Waals surface area contributed by atoms with Crippen molar-refractivity contribution in [2.24, 2.45) is 11.1 Å². The van der Waals surface area contributed by atoms with Gasteiger partial charge >= 0.3 is 0 Å². The second kappa shape index (κ2) is 6.91. The van der Waals surface area contributed by atoms with Crippen LogP contribution in [0.4, 0.5) is 0 Å². The van der Waals surface area contributed by atoms with Gasteiger partial charge in [0.2, 0.25) is 0 Å². The van der Waals surface area contributed by atoms with Crippen molar-refractivity contribution in [3.05, 3.63) is 29.8 Å². The summed E-state index contributed by atoms with van der Waals surface area (Å²) in [6, 6.07) is 7.68.